The molecule has 0 N–H and O–H groups in total. The van der Waals surface area contributed by atoms with E-state index >= 15 is 0 Å². The van der Waals surface area contributed by atoms with Crippen LogP contribution in [0.4, 0.5) is 5.69 Å². The van der Waals surface area contributed by atoms with Gasteiger partial charge in [-0.05, 0) is 65.7 Å². The van der Waals surface area contributed by atoms with Gasteiger partial charge in [0.1, 0.15) is 17.1 Å². The molecule has 4 aromatic rings. The van der Waals surface area contributed by atoms with Crippen LogP contribution in [0.5, 0.6) is 11.5 Å². The number of carbonyl (C=O) groups is 1. The van der Waals surface area contributed by atoms with Crippen molar-refractivity contribution in [2.45, 2.75) is 0 Å². The molecule has 0 spiro atoms. The molecular formula is C25H21N3O5S. The zero-order chi connectivity index (χ0) is 24.2. The maximum atomic E-state index is 12.9. The minimum absolute atomic E-state index is 0.0575. The number of hydrogen-bond donors (Lipinski definition) is 0. The van der Waals surface area contributed by atoms with Crippen molar-refractivity contribution in [3.05, 3.63) is 93.3 Å². The van der Waals surface area contributed by atoms with Crippen LogP contribution in [-0.2, 0) is 7.05 Å². The van der Waals surface area contributed by atoms with E-state index in [2.05, 4.69) is 4.99 Å². The fourth-order valence-corrected chi connectivity index (χ4v) is 4.67. The van der Waals surface area contributed by atoms with E-state index in [1.54, 1.807) is 20.3 Å². The van der Waals surface area contributed by atoms with E-state index in [0.29, 0.717) is 4.80 Å². The van der Waals surface area contributed by atoms with Crippen molar-refractivity contribution in [1.29, 1.82) is 0 Å². The molecule has 0 saturated carbocycles. The van der Waals surface area contributed by atoms with E-state index in [9.17, 15) is 14.9 Å². The molecule has 0 bridgehead atoms. The van der Waals surface area contributed by atoms with Gasteiger partial charge in [-0.15, -0.1) is 0 Å². The summed E-state index contributed by atoms with van der Waals surface area (Å²) in [5.74, 6) is 0.781. The molecule has 1 aromatic heterocycles. The lowest BCUT2D eigenvalue weighted by molar-refractivity contribution is -0.385. The molecule has 1 amide bonds. The predicted octanol–water partition coefficient (Wildman–Crippen LogP) is 5.09. The van der Waals surface area contributed by atoms with Crippen LogP contribution in [0.15, 0.2) is 77.8 Å². The van der Waals surface area contributed by atoms with Crippen molar-refractivity contribution in [2.75, 3.05) is 14.2 Å². The highest BCUT2D eigenvalue weighted by molar-refractivity contribution is 7.13. The highest BCUT2D eigenvalue weighted by Crippen LogP contribution is 2.35. The molecule has 0 saturated heterocycles. The number of aromatic nitrogens is 1. The quantitative estimate of drug-likeness (QED) is 0.286. The van der Waals surface area contributed by atoms with Crippen molar-refractivity contribution in [1.82, 2.24) is 4.57 Å². The molecule has 4 rings (SSSR count). The summed E-state index contributed by atoms with van der Waals surface area (Å²) in [5.41, 5.74) is 2.35. The predicted molar refractivity (Wildman–Crippen MR) is 130 cm³/mol. The highest BCUT2D eigenvalue weighted by atomic mass is 32.1. The van der Waals surface area contributed by atoms with E-state index in [1.807, 2.05) is 60.1 Å². The molecular weight excluding hydrogens is 454 g/mol. The lowest BCUT2D eigenvalue weighted by atomic mass is 10.1. The first kappa shape index (κ1) is 22.9. The molecule has 9 heteroatoms. The lowest BCUT2D eigenvalue weighted by Crippen LogP contribution is -2.15. The van der Waals surface area contributed by atoms with Crippen LogP contribution in [0.2, 0.25) is 0 Å². The van der Waals surface area contributed by atoms with Crippen molar-refractivity contribution in [3.63, 3.8) is 0 Å². The van der Waals surface area contributed by atoms with Gasteiger partial charge in [0.15, 0.2) is 4.80 Å². The molecule has 0 aliphatic heterocycles. The van der Waals surface area contributed by atoms with Gasteiger partial charge in [-0.2, -0.15) is 4.99 Å². The number of carbonyl (C=O) groups excluding carboxylic acids is 1. The Kier molecular flexibility index (Phi) is 6.55. The van der Waals surface area contributed by atoms with Crippen LogP contribution in [0, 0.1) is 10.1 Å². The number of para-hydroxylation sites is 1. The normalized spacial score (nSPS) is 11.3. The van der Waals surface area contributed by atoms with Gasteiger partial charge >= 0.3 is 0 Å². The molecule has 0 atom stereocenters. The number of methoxy groups -OCH3 is 2. The topological polar surface area (TPSA) is 96.0 Å². The van der Waals surface area contributed by atoms with Gasteiger partial charge in [0.25, 0.3) is 11.6 Å². The third kappa shape index (κ3) is 4.46. The first-order valence-electron chi connectivity index (χ1n) is 10.2. The Morgan fingerprint density at radius 3 is 2.03 bits per heavy atom. The molecule has 8 nitrogen and oxygen atoms in total. The molecule has 0 aliphatic carbocycles. The summed E-state index contributed by atoms with van der Waals surface area (Å²) in [4.78, 5) is 29.3. The number of nitro groups is 1. The van der Waals surface area contributed by atoms with E-state index in [1.165, 1.54) is 29.5 Å². The van der Waals surface area contributed by atoms with Gasteiger partial charge in [0.2, 0.25) is 0 Å². The van der Waals surface area contributed by atoms with Gasteiger partial charge in [-0.1, -0.05) is 23.5 Å². The number of nitrogens with zero attached hydrogens (tertiary/aromatic N) is 3. The molecule has 0 fully saturated rings. The van der Waals surface area contributed by atoms with Crippen molar-refractivity contribution < 1.29 is 19.2 Å². The Morgan fingerprint density at radius 1 is 0.912 bits per heavy atom. The largest absolute Gasteiger partial charge is 0.497 e. The summed E-state index contributed by atoms with van der Waals surface area (Å²) in [5, 5.41) is 11.4. The average molecular weight is 476 g/mol. The van der Waals surface area contributed by atoms with Gasteiger partial charge in [-0.3, -0.25) is 14.9 Å². The third-order valence-electron chi connectivity index (χ3n) is 5.27. The number of benzene rings is 3. The lowest BCUT2D eigenvalue weighted by Gasteiger charge is -2.09. The van der Waals surface area contributed by atoms with Gasteiger partial charge in [0.05, 0.1) is 29.7 Å². The fraction of sp³-hybridized carbons (Fsp3) is 0.120. The number of thiazole rings is 1. The molecule has 3 aromatic carbocycles. The molecule has 172 valence electrons. The third-order valence-corrected chi connectivity index (χ3v) is 6.46. The van der Waals surface area contributed by atoms with Crippen LogP contribution >= 0.6 is 11.3 Å². The number of rotatable bonds is 6. The molecule has 0 aliphatic rings. The number of hydrogen-bond acceptors (Lipinski definition) is 6. The van der Waals surface area contributed by atoms with Crippen molar-refractivity contribution in [3.8, 4) is 33.2 Å². The van der Waals surface area contributed by atoms with E-state index < -0.39 is 10.8 Å². The van der Waals surface area contributed by atoms with Gasteiger partial charge < -0.3 is 14.0 Å². The maximum absolute atomic E-state index is 12.9. The Hall–Kier alpha value is -4.24. The van der Waals surface area contributed by atoms with Crippen LogP contribution in [0.25, 0.3) is 21.7 Å². The second-order valence-electron chi connectivity index (χ2n) is 7.27. The van der Waals surface area contributed by atoms with Crippen LogP contribution in [0.3, 0.4) is 0 Å². The first-order valence-corrected chi connectivity index (χ1v) is 11.1. The summed E-state index contributed by atoms with van der Waals surface area (Å²) >= 11 is 1.33. The smallest absolute Gasteiger partial charge is 0.286 e. The maximum Gasteiger partial charge on any atom is 0.286 e. The number of nitro benzene ring substituents is 1. The Labute approximate surface area is 199 Å². The number of amides is 1. The van der Waals surface area contributed by atoms with Crippen molar-refractivity contribution >= 4 is 22.9 Å². The highest BCUT2D eigenvalue weighted by Gasteiger charge is 2.21. The molecule has 0 radical (unpaired) electrons. The summed E-state index contributed by atoms with van der Waals surface area (Å²) in [6.07, 6.45) is 0. The van der Waals surface area contributed by atoms with Gasteiger partial charge in [0, 0.05) is 13.1 Å². The SMILES string of the molecule is COc1ccc(-c2sc(=NC(=O)c3ccccc3[N+](=O)[O-])n(C)c2-c2ccc(OC)cc2)cc1. The Morgan fingerprint density at radius 2 is 1.47 bits per heavy atom. The summed E-state index contributed by atoms with van der Waals surface area (Å²) in [7, 11) is 5.02. The standard InChI is InChI=1S/C25H21N3O5S/c1-27-22(16-8-12-18(32-2)13-9-16)23(17-10-14-19(33-3)15-11-17)34-25(27)26-24(29)20-6-4-5-7-21(20)28(30)31/h4-15H,1-3H3. The summed E-state index contributed by atoms with van der Waals surface area (Å²) < 4.78 is 12.4. The summed E-state index contributed by atoms with van der Waals surface area (Å²) in [6.45, 7) is 0. The minimum atomic E-state index is -0.674. The second-order valence-corrected chi connectivity index (χ2v) is 8.25. The molecule has 0 unspecified atom stereocenters. The Balaban J connectivity index is 1.90. The van der Waals surface area contributed by atoms with Crippen LogP contribution in [0.1, 0.15) is 10.4 Å². The van der Waals surface area contributed by atoms with E-state index in [-0.39, 0.29) is 11.3 Å². The van der Waals surface area contributed by atoms with E-state index in [0.717, 1.165) is 33.2 Å². The Bertz CT molecular complexity index is 1420. The molecule has 1 heterocycles. The van der Waals surface area contributed by atoms with E-state index in [4.69, 9.17) is 9.47 Å². The molecule has 34 heavy (non-hydrogen) atoms. The average Bonchev–Trinajstić information content (AvgIpc) is 3.19. The number of ether oxygens (including phenoxy) is 2. The van der Waals surface area contributed by atoms with Gasteiger partial charge in [-0.25, -0.2) is 0 Å². The zero-order valence-corrected chi connectivity index (χ0v) is 19.5. The first-order chi connectivity index (χ1) is 16.4. The monoisotopic (exact) mass is 475 g/mol. The summed E-state index contributed by atoms with van der Waals surface area (Å²) in [6, 6.07) is 21.0. The minimum Gasteiger partial charge on any atom is -0.497 e. The van der Waals surface area contributed by atoms with Crippen LogP contribution in [-0.4, -0.2) is 29.6 Å². The second kappa shape index (κ2) is 9.72. The van der Waals surface area contributed by atoms with Crippen LogP contribution < -0.4 is 14.3 Å². The van der Waals surface area contributed by atoms with Crippen molar-refractivity contribution in [2.24, 2.45) is 12.0 Å². The fourth-order valence-electron chi connectivity index (χ4n) is 3.53. The zero-order valence-electron chi connectivity index (χ0n) is 18.7.